The highest BCUT2D eigenvalue weighted by Gasteiger charge is 2.37. The number of nitrogens with one attached hydrogen (secondary N) is 2. The first kappa shape index (κ1) is 23.3. The van der Waals surface area contributed by atoms with Crippen LogP contribution in [0.1, 0.15) is 22.2 Å². The maximum atomic E-state index is 13.0. The van der Waals surface area contributed by atoms with Crippen LogP contribution in [0.3, 0.4) is 0 Å². The Morgan fingerprint density at radius 3 is 2.53 bits per heavy atom. The van der Waals surface area contributed by atoms with Crippen molar-refractivity contribution in [2.45, 2.75) is 19.8 Å². The normalized spacial score (nSPS) is 15.8. The van der Waals surface area contributed by atoms with Gasteiger partial charge in [-0.05, 0) is 60.4 Å². The third-order valence-corrected chi connectivity index (χ3v) is 5.97. The lowest BCUT2D eigenvalue weighted by Crippen LogP contribution is -2.66. The van der Waals surface area contributed by atoms with Crippen molar-refractivity contribution in [3.63, 3.8) is 0 Å². The topological polar surface area (TPSA) is 124 Å². The Balaban J connectivity index is 1.48. The van der Waals surface area contributed by atoms with E-state index in [0.29, 0.717) is 16.5 Å². The van der Waals surface area contributed by atoms with Gasteiger partial charge in [0.15, 0.2) is 6.29 Å². The molecule has 1 unspecified atom stereocenters. The van der Waals surface area contributed by atoms with Crippen LogP contribution in [-0.2, 0) is 6.54 Å². The molecule has 10 nitrogen and oxygen atoms in total. The van der Waals surface area contributed by atoms with Gasteiger partial charge in [0.2, 0.25) is 5.88 Å². The summed E-state index contributed by atoms with van der Waals surface area (Å²) >= 11 is 6.80. The van der Waals surface area contributed by atoms with Gasteiger partial charge in [-0.2, -0.15) is 4.37 Å². The number of imide groups is 1. The number of rotatable bonds is 8. The number of carboxylic acids is 1. The summed E-state index contributed by atoms with van der Waals surface area (Å²) in [5.74, 6) is -0.436. The number of urea groups is 2. The highest BCUT2D eigenvalue weighted by molar-refractivity contribution is 7.08. The number of amides is 4. The van der Waals surface area contributed by atoms with Crippen LogP contribution < -0.4 is 15.4 Å². The van der Waals surface area contributed by atoms with E-state index in [1.165, 1.54) is 11.0 Å². The SMILES string of the molecule is CCN1C(=O)NC(Nc2ccc(Oc3cc(C(=O)O)sn3)cc2)N(Cc2ccc(Cl)cc2)C1=O. The van der Waals surface area contributed by atoms with Crippen LogP contribution in [-0.4, -0.2) is 50.1 Å². The van der Waals surface area contributed by atoms with E-state index in [0.717, 1.165) is 22.0 Å². The van der Waals surface area contributed by atoms with Crippen molar-refractivity contribution in [2.75, 3.05) is 11.9 Å². The molecule has 1 aromatic heterocycles. The number of benzene rings is 2. The number of carbonyl (C=O) groups is 3. The number of aromatic carboxylic acids is 1. The minimum atomic E-state index is -1.07. The van der Waals surface area contributed by atoms with Crippen LogP contribution in [0.25, 0.3) is 0 Å². The Morgan fingerprint density at radius 2 is 1.91 bits per heavy atom. The molecule has 0 aliphatic carbocycles. The Morgan fingerprint density at radius 1 is 1.21 bits per heavy atom. The summed E-state index contributed by atoms with van der Waals surface area (Å²) in [6.07, 6.45) is -0.790. The molecular formula is C22H20ClN5O5S. The van der Waals surface area contributed by atoms with Gasteiger partial charge in [0.1, 0.15) is 10.6 Å². The minimum absolute atomic E-state index is 0.0768. The quantitative estimate of drug-likeness (QED) is 0.410. The third kappa shape index (κ3) is 5.21. The second-order valence-corrected chi connectivity index (χ2v) is 8.48. The van der Waals surface area contributed by atoms with Crippen LogP contribution in [0.4, 0.5) is 15.3 Å². The molecule has 4 amide bonds. The molecule has 3 aromatic rings. The van der Waals surface area contributed by atoms with Gasteiger partial charge in [-0.25, -0.2) is 19.3 Å². The summed E-state index contributed by atoms with van der Waals surface area (Å²) in [5, 5.41) is 15.5. The molecular weight excluding hydrogens is 482 g/mol. The van der Waals surface area contributed by atoms with E-state index in [2.05, 4.69) is 15.0 Å². The van der Waals surface area contributed by atoms with Gasteiger partial charge in [-0.3, -0.25) is 10.2 Å². The molecule has 4 rings (SSSR count). The van der Waals surface area contributed by atoms with E-state index in [1.54, 1.807) is 43.3 Å². The van der Waals surface area contributed by atoms with Crippen molar-refractivity contribution in [1.29, 1.82) is 0 Å². The second kappa shape index (κ2) is 9.98. The number of hydrogen-bond acceptors (Lipinski definition) is 7. The van der Waals surface area contributed by atoms with Gasteiger partial charge >= 0.3 is 18.0 Å². The molecule has 2 aromatic carbocycles. The molecule has 1 aliphatic heterocycles. The average Bonchev–Trinajstić information content (AvgIpc) is 3.28. The first-order valence-corrected chi connectivity index (χ1v) is 11.4. The maximum Gasteiger partial charge on any atom is 0.347 e. The molecule has 0 bridgehead atoms. The Hall–Kier alpha value is -3.83. The van der Waals surface area contributed by atoms with E-state index in [-0.39, 0.29) is 23.8 Å². The number of anilines is 1. The fraction of sp³-hybridized carbons (Fsp3) is 0.182. The zero-order valence-corrected chi connectivity index (χ0v) is 19.5. The highest BCUT2D eigenvalue weighted by Crippen LogP contribution is 2.26. The summed E-state index contributed by atoms with van der Waals surface area (Å²) in [4.78, 5) is 39.1. The van der Waals surface area contributed by atoms with Crippen molar-refractivity contribution < 1.29 is 24.2 Å². The van der Waals surface area contributed by atoms with E-state index >= 15 is 0 Å². The van der Waals surface area contributed by atoms with E-state index < -0.39 is 24.3 Å². The lowest BCUT2D eigenvalue weighted by atomic mass is 10.2. The Kier molecular flexibility index (Phi) is 6.85. The van der Waals surface area contributed by atoms with Crippen molar-refractivity contribution in [2.24, 2.45) is 0 Å². The summed E-state index contributed by atoms with van der Waals surface area (Å²) in [7, 11) is 0. The molecule has 0 radical (unpaired) electrons. The molecule has 0 spiro atoms. The molecule has 0 saturated carbocycles. The first-order valence-electron chi connectivity index (χ1n) is 10.2. The fourth-order valence-corrected chi connectivity index (χ4v) is 3.91. The predicted octanol–water partition coefficient (Wildman–Crippen LogP) is 4.65. The van der Waals surface area contributed by atoms with Gasteiger partial charge in [0.25, 0.3) is 0 Å². The molecule has 1 aliphatic rings. The lowest BCUT2D eigenvalue weighted by Gasteiger charge is -2.41. The first-order chi connectivity index (χ1) is 16.3. The molecule has 1 atom stereocenters. The number of halogens is 1. The zero-order chi connectivity index (χ0) is 24.2. The molecule has 34 heavy (non-hydrogen) atoms. The number of carbonyl (C=O) groups excluding carboxylic acids is 2. The van der Waals surface area contributed by atoms with Crippen molar-refractivity contribution in [1.82, 2.24) is 19.5 Å². The van der Waals surface area contributed by atoms with E-state index in [4.69, 9.17) is 21.4 Å². The Bertz CT molecular complexity index is 1200. The molecule has 1 fully saturated rings. The molecule has 3 N–H and O–H groups in total. The number of carboxylic acid groups (broad SMARTS) is 1. The van der Waals surface area contributed by atoms with Gasteiger partial charge in [0.05, 0.1) is 6.54 Å². The maximum absolute atomic E-state index is 13.0. The molecule has 1 saturated heterocycles. The fourth-order valence-electron chi connectivity index (χ4n) is 3.27. The highest BCUT2D eigenvalue weighted by atomic mass is 35.5. The molecule has 12 heteroatoms. The average molecular weight is 502 g/mol. The number of nitrogens with zero attached hydrogens (tertiary/aromatic N) is 3. The van der Waals surface area contributed by atoms with Crippen LogP contribution in [0.5, 0.6) is 11.6 Å². The van der Waals surface area contributed by atoms with Crippen LogP contribution in [0, 0.1) is 0 Å². The van der Waals surface area contributed by atoms with Gasteiger partial charge in [-0.15, -0.1) is 0 Å². The minimum Gasteiger partial charge on any atom is -0.477 e. The molecule has 176 valence electrons. The monoisotopic (exact) mass is 501 g/mol. The van der Waals surface area contributed by atoms with E-state index in [1.807, 2.05) is 12.1 Å². The number of ether oxygens (including phenoxy) is 1. The number of hydrogen-bond donors (Lipinski definition) is 3. The third-order valence-electron chi connectivity index (χ3n) is 4.96. The second-order valence-electron chi connectivity index (χ2n) is 7.24. The Labute approximate surface area is 203 Å². The lowest BCUT2D eigenvalue weighted by molar-refractivity contribution is 0.0701. The zero-order valence-electron chi connectivity index (χ0n) is 17.9. The van der Waals surface area contributed by atoms with Crippen molar-refractivity contribution in [3.8, 4) is 11.6 Å². The predicted molar refractivity (Wildman–Crippen MR) is 126 cm³/mol. The van der Waals surface area contributed by atoms with Crippen molar-refractivity contribution >= 4 is 46.9 Å². The van der Waals surface area contributed by atoms with Crippen LogP contribution >= 0.6 is 23.1 Å². The smallest absolute Gasteiger partial charge is 0.347 e. The largest absolute Gasteiger partial charge is 0.477 e. The standard InChI is InChI=1S/C22H20ClN5O5S/c1-2-27-21(31)25-20(28(22(27)32)12-13-3-5-14(23)6-4-13)24-15-7-9-16(10-8-15)33-18-11-17(19(29)30)34-26-18/h3-11,20,24H,2,12H2,1H3,(H,25,31)(H,29,30). The van der Waals surface area contributed by atoms with E-state index in [9.17, 15) is 14.4 Å². The summed E-state index contributed by atoms with van der Waals surface area (Å²) < 4.78 is 9.54. The van der Waals surface area contributed by atoms with Crippen molar-refractivity contribution in [3.05, 3.63) is 70.1 Å². The van der Waals surface area contributed by atoms with Crippen LogP contribution in [0.2, 0.25) is 5.02 Å². The van der Waals surface area contributed by atoms with Gasteiger partial charge in [-0.1, -0.05) is 23.7 Å². The summed E-state index contributed by atoms with van der Waals surface area (Å²) in [6, 6.07) is 14.3. The van der Waals surface area contributed by atoms with Gasteiger partial charge in [0, 0.05) is 23.3 Å². The molecule has 2 heterocycles. The summed E-state index contributed by atoms with van der Waals surface area (Å²) in [6.45, 7) is 2.22. The van der Waals surface area contributed by atoms with Gasteiger partial charge < -0.3 is 15.2 Å². The van der Waals surface area contributed by atoms with Crippen LogP contribution in [0.15, 0.2) is 54.6 Å². The summed E-state index contributed by atoms with van der Waals surface area (Å²) in [5.41, 5.74) is 1.48. The number of aromatic nitrogens is 1.